The number of aromatic nitrogens is 3. The van der Waals surface area contributed by atoms with Crippen molar-refractivity contribution in [3.63, 3.8) is 0 Å². The normalized spacial score (nSPS) is 11.6. The zero-order valence-corrected chi connectivity index (χ0v) is 11.1. The summed E-state index contributed by atoms with van der Waals surface area (Å²) in [6, 6.07) is 1.49. The molecule has 0 saturated carbocycles. The summed E-state index contributed by atoms with van der Waals surface area (Å²) in [4.78, 5) is 26.0. The lowest BCUT2D eigenvalue weighted by molar-refractivity contribution is 0.379. The summed E-state index contributed by atoms with van der Waals surface area (Å²) in [7, 11) is 5.55. The molecule has 0 aliphatic carbocycles. The smallest absolute Gasteiger partial charge is 0.275 e. The highest BCUT2D eigenvalue weighted by atomic mass is 16.1. The van der Waals surface area contributed by atoms with E-state index >= 15 is 0 Å². The molecule has 0 atom stereocenters. The molecule has 6 heteroatoms. The molecule has 0 aliphatic heterocycles. The van der Waals surface area contributed by atoms with Gasteiger partial charge >= 0.3 is 0 Å². The second-order valence-corrected chi connectivity index (χ2v) is 4.79. The van der Waals surface area contributed by atoms with Crippen LogP contribution in [-0.2, 0) is 13.6 Å². The van der Waals surface area contributed by atoms with Gasteiger partial charge in [0.25, 0.3) is 11.1 Å². The average molecular weight is 250 g/mol. The van der Waals surface area contributed by atoms with Crippen molar-refractivity contribution >= 4 is 10.9 Å². The first-order valence-corrected chi connectivity index (χ1v) is 5.85. The minimum absolute atomic E-state index is 0.0799. The van der Waals surface area contributed by atoms with E-state index in [0.717, 1.165) is 12.2 Å². The first kappa shape index (κ1) is 12.6. The van der Waals surface area contributed by atoms with Gasteiger partial charge in [-0.2, -0.15) is 0 Å². The topological polar surface area (TPSA) is 63.0 Å². The molecule has 0 unspecified atom stereocenters. The van der Waals surface area contributed by atoms with Crippen molar-refractivity contribution in [1.82, 2.24) is 19.2 Å². The fourth-order valence-electron chi connectivity index (χ4n) is 2.10. The van der Waals surface area contributed by atoms with Crippen LogP contribution in [0.4, 0.5) is 0 Å². The molecule has 0 spiro atoms. The number of H-pyrrole nitrogens is 1. The van der Waals surface area contributed by atoms with Gasteiger partial charge in [0.05, 0.1) is 10.9 Å². The third-order valence-electron chi connectivity index (χ3n) is 3.15. The van der Waals surface area contributed by atoms with Crippen LogP contribution in [0, 0.1) is 6.92 Å². The third kappa shape index (κ3) is 1.99. The molecule has 6 nitrogen and oxygen atoms in total. The van der Waals surface area contributed by atoms with E-state index in [-0.39, 0.29) is 11.1 Å². The lowest BCUT2D eigenvalue weighted by Crippen LogP contribution is -2.28. The van der Waals surface area contributed by atoms with Gasteiger partial charge in [0.1, 0.15) is 0 Å². The highest BCUT2D eigenvalue weighted by Crippen LogP contribution is 2.09. The molecule has 18 heavy (non-hydrogen) atoms. The lowest BCUT2D eigenvalue weighted by Gasteiger charge is -2.13. The number of aryl methyl sites for hydroxylation is 2. The lowest BCUT2D eigenvalue weighted by atomic mass is 10.2. The number of fused-ring (bicyclic) bond motifs is 1. The van der Waals surface area contributed by atoms with Gasteiger partial charge in [-0.3, -0.25) is 19.4 Å². The highest BCUT2D eigenvalue weighted by Gasteiger charge is 2.12. The fraction of sp³-hybridized carbons (Fsp3) is 0.500. The van der Waals surface area contributed by atoms with Crippen LogP contribution in [0.5, 0.6) is 0 Å². The molecular weight excluding hydrogens is 232 g/mol. The molecule has 0 aromatic carbocycles. The van der Waals surface area contributed by atoms with Crippen LogP contribution in [-0.4, -0.2) is 39.9 Å². The van der Waals surface area contributed by atoms with Crippen molar-refractivity contribution in [2.75, 3.05) is 20.6 Å². The number of hydrogen-bond acceptors (Lipinski definition) is 3. The van der Waals surface area contributed by atoms with Crippen LogP contribution in [0.3, 0.4) is 0 Å². The van der Waals surface area contributed by atoms with E-state index in [1.807, 2.05) is 25.9 Å². The van der Waals surface area contributed by atoms with Gasteiger partial charge in [-0.05, 0) is 21.0 Å². The van der Waals surface area contributed by atoms with Crippen molar-refractivity contribution in [3.8, 4) is 0 Å². The molecular formula is C12H18N4O2. The molecule has 0 amide bonds. The Kier molecular flexibility index (Phi) is 3.13. The number of aromatic amines is 1. The second kappa shape index (κ2) is 4.45. The largest absolute Gasteiger partial charge is 0.311 e. The van der Waals surface area contributed by atoms with E-state index < -0.39 is 0 Å². The van der Waals surface area contributed by atoms with Gasteiger partial charge in [-0.25, -0.2) is 0 Å². The van der Waals surface area contributed by atoms with E-state index in [2.05, 4.69) is 5.10 Å². The molecule has 2 aromatic rings. The maximum atomic E-state index is 12.0. The first-order valence-electron chi connectivity index (χ1n) is 5.85. The van der Waals surface area contributed by atoms with Crippen LogP contribution in [0.1, 0.15) is 5.69 Å². The maximum Gasteiger partial charge on any atom is 0.275 e. The molecule has 2 heterocycles. The highest BCUT2D eigenvalue weighted by molar-refractivity contribution is 5.79. The van der Waals surface area contributed by atoms with E-state index in [1.165, 1.54) is 10.7 Å². The van der Waals surface area contributed by atoms with Gasteiger partial charge in [-0.1, -0.05) is 0 Å². The van der Waals surface area contributed by atoms with Gasteiger partial charge in [0.15, 0.2) is 0 Å². The summed E-state index contributed by atoms with van der Waals surface area (Å²) < 4.78 is 3.05. The molecule has 0 bridgehead atoms. The number of likely N-dealkylation sites (N-methyl/N-ethyl adjacent to an activating group) is 1. The second-order valence-electron chi connectivity index (χ2n) is 4.79. The van der Waals surface area contributed by atoms with Crippen LogP contribution in [0.2, 0.25) is 0 Å². The predicted octanol–water partition coefficient (Wildman–Crippen LogP) is -0.102. The Morgan fingerprint density at radius 1 is 1.33 bits per heavy atom. The summed E-state index contributed by atoms with van der Waals surface area (Å²) in [5, 5.41) is 3.47. The molecule has 2 rings (SSSR count). The van der Waals surface area contributed by atoms with Crippen LogP contribution < -0.4 is 11.1 Å². The Hall–Kier alpha value is -1.82. The molecule has 1 N–H and O–H groups in total. The van der Waals surface area contributed by atoms with Crippen LogP contribution in [0.15, 0.2) is 15.7 Å². The molecule has 0 aliphatic rings. The predicted molar refractivity (Wildman–Crippen MR) is 71.1 cm³/mol. The summed E-state index contributed by atoms with van der Waals surface area (Å²) in [5.41, 5.74) is 1.15. The Morgan fingerprint density at radius 3 is 2.61 bits per heavy atom. The zero-order chi connectivity index (χ0) is 13.4. The number of pyridine rings is 1. The Balaban J connectivity index is 2.64. The van der Waals surface area contributed by atoms with Gasteiger partial charge in [0, 0.05) is 31.9 Å². The molecule has 0 radical (unpaired) electrons. The number of rotatable bonds is 3. The average Bonchev–Trinajstić information content (AvgIpc) is 2.53. The van der Waals surface area contributed by atoms with E-state index in [0.29, 0.717) is 17.4 Å². The quantitative estimate of drug-likeness (QED) is 0.827. The van der Waals surface area contributed by atoms with Crippen molar-refractivity contribution in [2.45, 2.75) is 13.5 Å². The van der Waals surface area contributed by atoms with Crippen molar-refractivity contribution in [3.05, 3.63) is 32.5 Å². The summed E-state index contributed by atoms with van der Waals surface area (Å²) in [6.07, 6.45) is 0. The Morgan fingerprint density at radius 2 is 2.00 bits per heavy atom. The molecule has 0 fully saturated rings. The van der Waals surface area contributed by atoms with E-state index in [9.17, 15) is 9.59 Å². The summed E-state index contributed by atoms with van der Waals surface area (Å²) >= 11 is 0. The monoisotopic (exact) mass is 250 g/mol. The Labute approximate surface area is 104 Å². The zero-order valence-electron chi connectivity index (χ0n) is 11.1. The first-order chi connectivity index (χ1) is 8.41. The fourth-order valence-corrected chi connectivity index (χ4v) is 2.10. The standard InChI is InChI=1S/C12H18N4O2/c1-8-11-9(13-15(4)12(11)18)7-10(17)16(8)6-5-14(2)3/h7,13H,5-6H2,1-4H3. The van der Waals surface area contributed by atoms with Gasteiger partial charge < -0.3 is 9.47 Å². The van der Waals surface area contributed by atoms with E-state index in [1.54, 1.807) is 11.6 Å². The third-order valence-corrected chi connectivity index (χ3v) is 3.15. The number of hydrogen-bond donors (Lipinski definition) is 1. The Bertz CT molecular complexity index is 690. The van der Waals surface area contributed by atoms with Crippen molar-refractivity contribution in [2.24, 2.45) is 7.05 Å². The van der Waals surface area contributed by atoms with Crippen molar-refractivity contribution in [1.29, 1.82) is 0 Å². The molecule has 0 saturated heterocycles. The van der Waals surface area contributed by atoms with Crippen LogP contribution >= 0.6 is 0 Å². The van der Waals surface area contributed by atoms with E-state index in [4.69, 9.17) is 0 Å². The number of nitrogens with one attached hydrogen (secondary N) is 1. The molecule has 2 aromatic heterocycles. The SMILES string of the molecule is Cc1c2c(=O)n(C)[nH]c2cc(=O)n1CCN(C)C. The summed E-state index contributed by atoms with van der Waals surface area (Å²) in [6.45, 7) is 3.16. The minimum atomic E-state index is -0.0962. The van der Waals surface area contributed by atoms with Gasteiger partial charge in [-0.15, -0.1) is 0 Å². The summed E-state index contributed by atoms with van der Waals surface area (Å²) in [5.74, 6) is 0. The number of nitrogens with zero attached hydrogens (tertiary/aromatic N) is 3. The maximum absolute atomic E-state index is 12.0. The minimum Gasteiger partial charge on any atom is -0.311 e. The van der Waals surface area contributed by atoms with Crippen LogP contribution in [0.25, 0.3) is 10.9 Å². The van der Waals surface area contributed by atoms with Crippen molar-refractivity contribution < 1.29 is 0 Å². The molecule has 98 valence electrons. The van der Waals surface area contributed by atoms with Gasteiger partial charge in [0.2, 0.25) is 0 Å².